The van der Waals surface area contributed by atoms with Gasteiger partial charge in [0.1, 0.15) is 5.75 Å². The second kappa shape index (κ2) is 10.1. The Morgan fingerprint density at radius 3 is 2.52 bits per heavy atom. The van der Waals surface area contributed by atoms with E-state index in [-0.39, 0.29) is 5.75 Å². The standard InChI is InChI=1S/C25H33N3O4S/c1-3-16-33(29,30)27-19-10-8-18(9-11-19)25-24(26)22-13-12-21(32-15-5-14-31-2)17-23(22)28(25)20-6-4-7-20/h8-13,17,20,27H,3-7,14-16,26H2,1-2H3. The SMILES string of the molecule is CCCS(=O)(=O)Nc1ccc(-c2c(N)c3ccc(OCCCOC)cc3n2C2CCC2)cc1. The van der Waals surface area contributed by atoms with Gasteiger partial charge in [-0.2, -0.15) is 0 Å². The number of hydrogen-bond donors (Lipinski definition) is 2. The number of sulfonamides is 1. The van der Waals surface area contributed by atoms with E-state index in [1.54, 1.807) is 19.2 Å². The molecule has 0 amide bonds. The van der Waals surface area contributed by atoms with Gasteiger partial charge in [-0.3, -0.25) is 4.72 Å². The van der Waals surface area contributed by atoms with E-state index in [4.69, 9.17) is 15.2 Å². The fraction of sp³-hybridized carbons (Fsp3) is 0.440. The second-order valence-electron chi connectivity index (χ2n) is 8.59. The highest BCUT2D eigenvalue weighted by Crippen LogP contribution is 2.44. The molecule has 4 rings (SSSR count). The van der Waals surface area contributed by atoms with Crippen molar-refractivity contribution in [2.24, 2.45) is 0 Å². The highest BCUT2D eigenvalue weighted by atomic mass is 32.2. The summed E-state index contributed by atoms with van der Waals surface area (Å²) in [5.41, 5.74) is 11.0. The fourth-order valence-electron chi connectivity index (χ4n) is 4.31. The van der Waals surface area contributed by atoms with Crippen LogP contribution in [0.3, 0.4) is 0 Å². The predicted octanol–water partition coefficient (Wildman–Crippen LogP) is 5.18. The van der Waals surface area contributed by atoms with E-state index in [1.807, 2.05) is 31.2 Å². The average molecular weight is 472 g/mol. The summed E-state index contributed by atoms with van der Waals surface area (Å²) in [4.78, 5) is 0. The molecule has 1 heterocycles. The van der Waals surface area contributed by atoms with Crippen LogP contribution in [0.15, 0.2) is 42.5 Å². The molecule has 0 spiro atoms. The summed E-state index contributed by atoms with van der Waals surface area (Å²) < 4.78 is 40.2. The molecule has 2 aromatic carbocycles. The third-order valence-corrected chi connectivity index (χ3v) is 7.61. The first-order valence-electron chi connectivity index (χ1n) is 11.6. The van der Waals surface area contributed by atoms with Crippen molar-refractivity contribution >= 4 is 32.3 Å². The molecule has 33 heavy (non-hydrogen) atoms. The van der Waals surface area contributed by atoms with Crippen LogP contribution in [-0.2, 0) is 14.8 Å². The van der Waals surface area contributed by atoms with E-state index < -0.39 is 10.0 Å². The molecule has 8 heteroatoms. The van der Waals surface area contributed by atoms with Crippen LogP contribution in [0.5, 0.6) is 5.75 Å². The lowest BCUT2D eigenvalue weighted by molar-refractivity contribution is 0.172. The van der Waals surface area contributed by atoms with Gasteiger partial charge < -0.3 is 19.8 Å². The molecule has 1 aliphatic rings. The van der Waals surface area contributed by atoms with Gasteiger partial charge in [-0.15, -0.1) is 0 Å². The molecular weight excluding hydrogens is 438 g/mol. The Morgan fingerprint density at radius 1 is 1.12 bits per heavy atom. The molecule has 0 unspecified atom stereocenters. The molecule has 1 aliphatic carbocycles. The molecule has 0 radical (unpaired) electrons. The van der Waals surface area contributed by atoms with Gasteiger partial charge in [0.15, 0.2) is 0 Å². The normalized spacial score (nSPS) is 14.4. The van der Waals surface area contributed by atoms with E-state index in [2.05, 4.69) is 15.4 Å². The number of rotatable bonds is 11. The number of ether oxygens (including phenoxy) is 2. The van der Waals surface area contributed by atoms with Crippen LogP contribution in [0.4, 0.5) is 11.4 Å². The lowest BCUT2D eigenvalue weighted by atomic mass is 9.92. The summed E-state index contributed by atoms with van der Waals surface area (Å²) in [5.74, 6) is 0.928. The first-order chi connectivity index (χ1) is 15.9. The summed E-state index contributed by atoms with van der Waals surface area (Å²) in [7, 11) is -1.64. The number of anilines is 2. The topological polar surface area (TPSA) is 95.6 Å². The van der Waals surface area contributed by atoms with E-state index in [1.165, 1.54) is 6.42 Å². The number of benzene rings is 2. The van der Waals surface area contributed by atoms with Crippen molar-refractivity contribution in [3.05, 3.63) is 42.5 Å². The zero-order valence-corrected chi connectivity index (χ0v) is 20.2. The number of nitrogens with two attached hydrogens (primary N) is 1. The lowest BCUT2D eigenvalue weighted by Crippen LogP contribution is -2.18. The Bertz CT molecular complexity index is 1200. The first-order valence-corrected chi connectivity index (χ1v) is 13.2. The van der Waals surface area contributed by atoms with Gasteiger partial charge in [-0.1, -0.05) is 19.1 Å². The van der Waals surface area contributed by atoms with Crippen LogP contribution in [0.25, 0.3) is 22.2 Å². The maximum Gasteiger partial charge on any atom is 0.232 e. The highest BCUT2D eigenvalue weighted by Gasteiger charge is 2.27. The number of hydrogen-bond acceptors (Lipinski definition) is 5. The molecule has 0 atom stereocenters. The molecule has 178 valence electrons. The summed E-state index contributed by atoms with van der Waals surface area (Å²) in [6.07, 6.45) is 4.84. The van der Waals surface area contributed by atoms with Crippen LogP contribution >= 0.6 is 0 Å². The van der Waals surface area contributed by atoms with Crippen LogP contribution in [0.2, 0.25) is 0 Å². The van der Waals surface area contributed by atoms with Crippen molar-refractivity contribution in [1.82, 2.24) is 4.57 Å². The number of aromatic nitrogens is 1. The van der Waals surface area contributed by atoms with E-state index in [0.717, 1.165) is 52.9 Å². The molecule has 0 bridgehead atoms. The minimum atomic E-state index is -3.33. The summed E-state index contributed by atoms with van der Waals surface area (Å²) in [5, 5.41) is 1.01. The number of nitrogens with one attached hydrogen (secondary N) is 1. The minimum Gasteiger partial charge on any atom is -0.493 e. The second-order valence-corrected chi connectivity index (χ2v) is 10.4. The van der Waals surface area contributed by atoms with Gasteiger partial charge in [0.2, 0.25) is 10.0 Å². The average Bonchev–Trinajstić information content (AvgIpc) is 3.02. The third kappa shape index (κ3) is 5.12. The maximum atomic E-state index is 12.1. The Hall–Kier alpha value is -2.71. The van der Waals surface area contributed by atoms with Gasteiger partial charge in [0, 0.05) is 48.9 Å². The van der Waals surface area contributed by atoms with Crippen LogP contribution in [0, 0.1) is 0 Å². The van der Waals surface area contributed by atoms with Gasteiger partial charge in [-0.25, -0.2) is 8.42 Å². The maximum absolute atomic E-state index is 12.1. The quantitative estimate of drug-likeness (QED) is 0.376. The largest absolute Gasteiger partial charge is 0.493 e. The molecule has 0 aliphatic heterocycles. The minimum absolute atomic E-state index is 0.105. The smallest absolute Gasteiger partial charge is 0.232 e. The monoisotopic (exact) mass is 471 g/mol. The predicted molar refractivity (Wildman–Crippen MR) is 134 cm³/mol. The number of nitrogen functional groups attached to an aromatic ring is 1. The van der Waals surface area contributed by atoms with Crippen molar-refractivity contribution < 1.29 is 17.9 Å². The molecule has 3 aromatic rings. The highest BCUT2D eigenvalue weighted by molar-refractivity contribution is 7.92. The van der Waals surface area contributed by atoms with Gasteiger partial charge >= 0.3 is 0 Å². The first kappa shape index (κ1) is 23.4. The third-order valence-electron chi connectivity index (χ3n) is 6.12. The summed E-state index contributed by atoms with van der Waals surface area (Å²) in [6, 6.07) is 13.9. The molecule has 1 aromatic heterocycles. The van der Waals surface area contributed by atoms with Gasteiger partial charge in [-0.05, 0) is 49.9 Å². The number of fused-ring (bicyclic) bond motifs is 1. The van der Waals surface area contributed by atoms with Crippen molar-refractivity contribution in [3.63, 3.8) is 0 Å². The van der Waals surface area contributed by atoms with E-state index in [9.17, 15) is 8.42 Å². The molecule has 0 saturated heterocycles. The van der Waals surface area contributed by atoms with E-state index in [0.29, 0.717) is 31.4 Å². The Morgan fingerprint density at radius 2 is 1.88 bits per heavy atom. The Balaban J connectivity index is 1.68. The number of methoxy groups -OCH3 is 1. The van der Waals surface area contributed by atoms with Crippen molar-refractivity contribution in [2.45, 2.75) is 45.1 Å². The molecule has 1 fully saturated rings. The zero-order valence-electron chi connectivity index (χ0n) is 19.3. The van der Waals surface area contributed by atoms with E-state index >= 15 is 0 Å². The Kier molecular flexibility index (Phi) is 7.14. The van der Waals surface area contributed by atoms with Gasteiger partial charge in [0.25, 0.3) is 0 Å². The summed E-state index contributed by atoms with van der Waals surface area (Å²) >= 11 is 0. The van der Waals surface area contributed by atoms with Crippen molar-refractivity contribution in [2.75, 3.05) is 36.5 Å². The molecule has 1 saturated carbocycles. The fourth-order valence-corrected chi connectivity index (χ4v) is 5.45. The molecular formula is C25H33N3O4S. The van der Waals surface area contributed by atoms with Gasteiger partial charge in [0.05, 0.1) is 29.3 Å². The molecule has 7 nitrogen and oxygen atoms in total. The lowest BCUT2D eigenvalue weighted by Gasteiger charge is -2.30. The van der Waals surface area contributed by atoms with Crippen LogP contribution in [-0.4, -0.2) is 39.1 Å². The summed E-state index contributed by atoms with van der Waals surface area (Å²) in [6.45, 7) is 3.12. The Labute approximate surface area is 195 Å². The zero-order chi connectivity index (χ0) is 23.4. The van der Waals surface area contributed by atoms with Crippen LogP contribution in [0.1, 0.15) is 45.1 Å². The van der Waals surface area contributed by atoms with Crippen LogP contribution < -0.4 is 15.2 Å². The number of nitrogens with zero attached hydrogens (tertiary/aromatic N) is 1. The molecule has 3 N–H and O–H groups in total. The van der Waals surface area contributed by atoms with Crippen molar-refractivity contribution in [1.29, 1.82) is 0 Å². The van der Waals surface area contributed by atoms with Crippen molar-refractivity contribution in [3.8, 4) is 17.0 Å².